The van der Waals surface area contributed by atoms with Crippen molar-refractivity contribution in [1.29, 1.82) is 0 Å². The fourth-order valence-electron chi connectivity index (χ4n) is 3.08. The Labute approximate surface area is 152 Å². The molecular weight excluding hydrogens is 332 g/mol. The van der Waals surface area contributed by atoms with Gasteiger partial charge >= 0.3 is 0 Å². The minimum atomic E-state index is 0.0141. The van der Waals surface area contributed by atoms with Crippen LogP contribution in [0.3, 0.4) is 0 Å². The molecule has 0 unspecified atom stereocenters. The van der Waals surface area contributed by atoms with E-state index in [-0.39, 0.29) is 11.9 Å². The van der Waals surface area contributed by atoms with Crippen molar-refractivity contribution in [3.05, 3.63) is 42.2 Å². The summed E-state index contributed by atoms with van der Waals surface area (Å²) in [5.74, 6) is 2.57. The third kappa shape index (κ3) is 4.04. The van der Waals surface area contributed by atoms with Crippen LogP contribution in [0.15, 0.2) is 36.7 Å². The third-order valence-corrected chi connectivity index (χ3v) is 4.54. The zero-order valence-electron chi connectivity index (χ0n) is 14.5. The van der Waals surface area contributed by atoms with E-state index >= 15 is 0 Å². The number of rotatable bonds is 7. The first-order valence-corrected chi connectivity index (χ1v) is 8.99. The fourth-order valence-corrected chi connectivity index (χ4v) is 3.08. The summed E-state index contributed by atoms with van der Waals surface area (Å²) in [7, 11) is 0. The van der Waals surface area contributed by atoms with Crippen molar-refractivity contribution >= 4 is 11.9 Å². The molecule has 2 N–H and O–H groups in total. The summed E-state index contributed by atoms with van der Waals surface area (Å²) in [6.07, 6.45) is 5.97. The number of anilines is 1. The van der Waals surface area contributed by atoms with Crippen molar-refractivity contribution in [3.8, 4) is 11.5 Å². The lowest BCUT2D eigenvalue weighted by atomic mass is 10.0. The molecule has 2 aromatic rings. The highest BCUT2D eigenvalue weighted by Crippen LogP contribution is 2.43. The molecule has 0 spiro atoms. The number of amides is 1. The molecule has 1 aromatic carbocycles. The Morgan fingerprint density at radius 2 is 1.92 bits per heavy atom. The molecule has 1 aliphatic heterocycles. The minimum Gasteiger partial charge on any atom is -0.486 e. The van der Waals surface area contributed by atoms with Crippen LogP contribution in [0.25, 0.3) is 0 Å². The fraction of sp³-hybridized carbons (Fsp3) is 0.421. The van der Waals surface area contributed by atoms with Gasteiger partial charge in [0.15, 0.2) is 11.5 Å². The van der Waals surface area contributed by atoms with Gasteiger partial charge in [0.05, 0.1) is 6.04 Å². The summed E-state index contributed by atoms with van der Waals surface area (Å²) in [5.41, 5.74) is 1.07. The van der Waals surface area contributed by atoms with Crippen molar-refractivity contribution in [2.75, 3.05) is 25.1 Å². The summed E-state index contributed by atoms with van der Waals surface area (Å²) < 4.78 is 11.2. The Morgan fingerprint density at radius 3 is 2.69 bits per heavy atom. The molecule has 1 aliphatic carbocycles. The Bertz CT molecular complexity index is 765. The van der Waals surface area contributed by atoms with Crippen LogP contribution in [-0.4, -0.2) is 35.6 Å². The second-order valence-electron chi connectivity index (χ2n) is 6.53. The number of nitrogens with zero attached hydrogens (tertiary/aromatic N) is 2. The van der Waals surface area contributed by atoms with Gasteiger partial charge in [-0.3, -0.25) is 4.79 Å². The average molecular weight is 354 g/mol. The first-order chi connectivity index (χ1) is 12.8. The maximum atomic E-state index is 12.4. The third-order valence-electron chi connectivity index (χ3n) is 4.54. The zero-order valence-corrected chi connectivity index (χ0v) is 14.5. The van der Waals surface area contributed by atoms with E-state index in [1.807, 2.05) is 18.2 Å². The second kappa shape index (κ2) is 7.59. The molecule has 1 amide bonds. The number of hydrogen-bond acceptors (Lipinski definition) is 6. The van der Waals surface area contributed by atoms with E-state index in [1.54, 1.807) is 18.5 Å². The lowest BCUT2D eigenvalue weighted by molar-refractivity contribution is -0.121. The molecule has 1 atom stereocenters. The average Bonchev–Trinajstić information content (AvgIpc) is 3.52. The predicted molar refractivity (Wildman–Crippen MR) is 96.2 cm³/mol. The van der Waals surface area contributed by atoms with E-state index in [9.17, 15) is 4.79 Å². The topological polar surface area (TPSA) is 85.4 Å². The van der Waals surface area contributed by atoms with Crippen LogP contribution in [0.2, 0.25) is 0 Å². The second-order valence-corrected chi connectivity index (χ2v) is 6.53. The maximum Gasteiger partial charge on any atom is 0.222 e. The van der Waals surface area contributed by atoms with E-state index in [0.717, 1.165) is 29.9 Å². The molecule has 0 radical (unpaired) electrons. The quantitative estimate of drug-likeness (QED) is 0.794. The van der Waals surface area contributed by atoms with Gasteiger partial charge in [0, 0.05) is 25.4 Å². The number of ether oxygens (including phenoxy) is 2. The molecular formula is C19H22N4O3. The first kappa shape index (κ1) is 16.6. The van der Waals surface area contributed by atoms with Gasteiger partial charge < -0.3 is 20.1 Å². The number of nitrogens with one attached hydrogen (secondary N) is 2. The number of fused-ring (bicyclic) bond motifs is 1. The van der Waals surface area contributed by atoms with Gasteiger partial charge in [-0.2, -0.15) is 0 Å². The standard InChI is InChI=1S/C19H22N4O3/c24-17(6-9-22-19-20-7-1-8-21-19)23-18(13-2-3-13)14-4-5-15-16(12-14)26-11-10-25-15/h1,4-5,7-8,12-13,18H,2-3,6,9-11H2,(H,23,24)(H,20,21,22)/t18-/m0/s1. The molecule has 136 valence electrons. The molecule has 0 bridgehead atoms. The SMILES string of the molecule is O=C(CCNc1ncccn1)N[C@H](c1ccc2c(c1)OCCO2)C1CC1. The lowest BCUT2D eigenvalue weighted by Crippen LogP contribution is -2.31. The highest BCUT2D eigenvalue weighted by atomic mass is 16.6. The van der Waals surface area contributed by atoms with E-state index in [4.69, 9.17) is 9.47 Å². The van der Waals surface area contributed by atoms with Gasteiger partial charge in [0.1, 0.15) is 13.2 Å². The number of carbonyl (C=O) groups excluding carboxylic acids is 1. The molecule has 26 heavy (non-hydrogen) atoms. The molecule has 1 aromatic heterocycles. The van der Waals surface area contributed by atoms with Gasteiger partial charge in [-0.25, -0.2) is 9.97 Å². The molecule has 7 heteroatoms. The van der Waals surface area contributed by atoms with Crippen molar-refractivity contribution in [2.24, 2.45) is 5.92 Å². The Kier molecular flexibility index (Phi) is 4.86. The van der Waals surface area contributed by atoms with Crippen molar-refractivity contribution in [3.63, 3.8) is 0 Å². The first-order valence-electron chi connectivity index (χ1n) is 8.99. The van der Waals surface area contributed by atoms with Crippen LogP contribution in [-0.2, 0) is 4.79 Å². The number of aromatic nitrogens is 2. The van der Waals surface area contributed by atoms with Crippen LogP contribution < -0.4 is 20.1 Å². The molecule has 4 rings (SSSR count). The molecule has 2 heterocycles. The van der Waals surface area contributed by atoms with Crippen LogP contribution in [0.4, 0.5) is 5.95 Å². The molecule has 7 nitrogen and oxygen atoms in total. The van der Waals surface area contributed by atoms with Crippen LogP contribution in [0.1, 0.15) is 30.9 Å². The van der Waals surface area contributed by atoms with E-state index in [2.05, 4.69) is 20.6 Å². The molecule has 1 fully saturated rings. The molecule has 1 saturated carbocycles. The minimum absolute atomic E-state index is 0.0141. The molecule has 2 aliphatic rings. The molecule has 0 saturated heterocycles. The summed E-state index contributed by atoms with van der Waals surface area (Å²) >= 11 is 0. The van der Waals surface area contributed by atoms with E-state index in [1.165, 1.54) is 0 Å². The van der Waals surface area contributed by atoms with E-state index in [0.29, 0.717) is 38.0 Å². The van der Waals surface area contributed by atoms with Gasteiger partial charge in [-0.05, 0) is 42.5 Å². The Morgan fingerprint density at radius 1 is 1.15 bits per heavy atom. The normalized spacial score (nSPS) is 16.6. The summed E-state index contributed by atoms with van der Waals surface area (Å²) in [4.78, 5) is 20.6. The Hall–Kier alpha value is -2.83. The van der Waals surface area contributed by atoms with Crippen LogP contribution >= 0.6 is 0 Å². The van der Waals surface area contributed by atoms with Crippen LogP contribution in [0.5, 0.6) is 11.5 Å². The number of benzene rings is 1. The highest BCUT2D eigenvalue weighted by molar-refractivity contribution is 5.77. The van der Waals surface area contributed by atoms with Gasteiger partial charge in [0.25, 0.3) is 0 Å². The predicted octanol–water partition coefficient (Wildman–Crippen LogP) is 2.32. The summed E-state index contributed by atoms with van der Waals surface area (Å²) in [5, 5.41) is 6.23. The van der Waals surface area contributed by atoms with Crippen molar-refractivity contribution in [2.45, 2.75) is 25.3 Å². The summed E-state index contributed by atoms with van der Waals surface area (Å²) in [6, 6.07) is 7.72. The smallest absolute Gasteiger partial charge is 0.222 e. The summed E-state index contributed by atoms with van der Waals surface area (Å²) in [6.45, 7) is 1.63. The lowest BCUT2D eigenvalue weighted by Gasteiger charge is -2.23. The number of carbonyl (C=O) groups is 1. The van der Waals surface area contributed by atoms with Gasteiger partial charge in [-0.1, -0.05) is 6.07 Å². The van der Waals surface area contributed by atoms with Crippen molar-refractivity contribution < 1.29 is 14.3 Å². The van der Waals surface area contributed by atoms with Gasteiger partial charge in [-0.15, -0.1) is 0 Å². The number of hydrogen-bond donors (Lipinski definition) is 2. The van der Waals surface area contributed by atoms with Crippen molar-refractivity contribution in [1.82, 2.24) is 15.3 Å². The van der Waals surface area contributed by atoms with Crippen LogP contribution in [0, 0.1) is 5.92 Å². The maximum absolute atomic E-state index is 12.4. The Balaban J connectivity index is 1.35. The largest absolute Gasteiger partial charge is 0.486 e. The van der Waals surface area contributed by atoms with E-state index < -0.39 is 0 Å². The monoisotopic (exact) mass is 354 g/mol. The van der Waals surface area contributed by atoms with Gasteiger partial charge in [0.2, 0.25) is 11.9 Å². The highest BCUT2D eigenvalue weighted by Gasteiger charge is 2.34. The zero-order chi connectivity index (χ0) is 17.8.